The van der Waals surface area contributed by atoms with Crippen LogP contribution in [-0.4, -0.2) is 42.3 Å². The summed E-state index contributed by atoms with van der Waals surface area (Å²) >= 11 is 1.78. The van der Waals surface area contributed by atoms with Crippen LogP contribution in [-0.2, 0) is 16.6 Å². The molecule has 1 unspecified atom stereocenters. The Bertz CT molecular complexity index is 496. The van der Waals surface area contributed by atoms with Gasteiger partial charge in [-0.25, -0.2) is 13.4 Å². The first-order chi connectivity index (χ1) is 8.55. The molecule has 2 rings (SSSR count). The molecular weight excluding hydrogens is 270 g/mol. The second-order valence-electron chi connectivity index (χ2n) is 4.25. The third-order valence-electron chi connectivity index (χ3n) is 3.10. The van der Waals surface area contributed by atoms with Gasteiger partial charge in [-0.05, 0) is 23.8 Å². The molecule has 2 heterocycles. The Balaban J connectivity index is 2.23. The van der Waals surface area contributed by atoms with Gasteiger partial charge in [0, 0.05) is 31.6 Å². The van der Waals surface area contributed by atoms with Gasteiger partial charge in [0.25, 0.3) is 10.0 Å². The SMILES string of the molecule is CN(C1CCSC1)S(=O)(=O)c1ccc(CN)cn1. The predicted octanol–water partition coefficient (Wildman–Crippen LogP) is 0.666. The van der Waals surface area contributed by atoms with Gasteiger partial charge < -0.3 is 5.73 Å². The molecule has 0 aliphatic carbocycles. The monoisotopic (exact) mass is 287 g/mol. The van der Waals surface area contributed by atoms with Crippen LogP contribution in [0.15, 0.2) is 23.4 Å². The van der Waals surface area contributed by atoms with Crippen molar-refractivity contribution in [3.63, 3.8) is 0 Å². The lowest BCUT2D eigenvalue weighted by Gasteiger charge is -2.22. The highest BCUT2D eigenvalue weighted by Crippen LogP contribution is 2.25. The van der Waals surface area contributed by atoms with E-state index in [9.17, 15) is 8.42 Å². The van der Waals surface area contributed by atoms with E-state index in [1.165, 1.54) is 16.6 Å². The topological polar surface area (TPSA) is 76.3 Å². The fraction of sp³-hybridized carbons (Fsp3) is 0.545. The van der Waals surface area contributed by atoms with E-state index in [-0.39, 0.29) is 11.1 Å². The summed E-state index contributed by atoms with van der Waals surface area (Å²) in [6, 6.07) is 3.31. The standard InChI is InChI=1S/C11H17N3O2S2/c1-14(10-4-5-17-8-10)18(15,16)11-3-2-9(6-12)7-13-11/h2-3,7,10H,4-6,8,12H2,1H3. The van der Waals surface area contributed by atoms with Crippen LogP contribution in [0.2, 0.25) is 0 Å². The molecule has 1 aliphatic rings. The Morgan fingerprint density at radius 3 is 2.83 bits per heavy atom. The van der Waals surface area contributed by atoms with Crippen LogP contribution in [0.25, 0.3) is 0 Å². The largest absolute Gasteiger partial charge is 0.326 e. The zero-order valence-electron chi connectivity index (χ0n) is 10.2. The summed E-state index contributed by atoms with van der Waals surface area (Å²) in [5, 5.41) is 0.0964. The van der Waals surface area contributed by atoms with Gasteiger partial charge in [0.1, 0.15) is 0 Å². The number of hydrogen-bond acceptors (Lipinski definition) is 5. The molecule has 1 aromatic heterocycles. The lowest BCUT2D eigenvalue weighted by atomic mass is 10.3. The number of hydrogen-bond donors (Lipinski definition) is 1. The van der Waals surface area contributed by atoms with E-state index in [2.05, 4.69) is 4.98 Å². The average molecular weight is 287 g/mol. The fourth-order valence-electron chi connectivity index (χ4n) is 1.84. The zero-order valence-corrected chi connectivity index (χ0v) is 11.9. The lowest BCUT2D eigenvalue weighted by Crippen LogP contribution is -2.37. The summed E-state index contributed by atoms with van der Waals surface area (Å²) in [6.45, 7) is 0.364. The summed E-state index contributed by atoms with van der Waals surface area (Å²) in [5.74, 6) is 1.88. The van der Waals surface area contributed by atoms with Crippen LogP contribution in [0.4, 0.5) is 0 Å². The second-order valence-corrected chi connectivity index (χ2v) is 7.34. The molecule has 0 bridgehead atoms. The van der Waals surface area contributed by atoms with Crippen LogP contribution in [0, 0.1) is 0 Å². The van der Waals surface area contributed by atoms with Crippen molar-refractivity contribution in [2.45, 2.75) is 24.0 Å². The van der Waals surface area contributed by atoms with Gasteiger partial charge in [-0.15, -0.1) is 0 Å². The van der Waals surface area contributed by atoms with Gasteiger partial charge in [0.15, 0.2) is 5.03 Å². The number of sulfonamides is 1. The molecular formula is C11H17N3O2S2. The van der Waals surface area contributed by atoms with Crippen molar-refractivity contribution >= 4 is 21.8 Å². The summed E-state index contributed by atoms with van der Waals surface area (Å²) < 4.78 is 26.1. The molecule has 1 atom stereocenters. The molecule has 0 amide bonds. The third-order valence-corrected chi connectivity index (χ3v) is 6.07. The zero-order chi connectivity index (χ0) is 13.2. The molecule has 0 spiro atoms. The van der Waals surface area contributed by atoms with E-state index in [1.807, 2.05) is 0 Å². The molecule has 1 aromatic rings. The van der Waals surface area contributed by atoms with Crippen molar-refractivity contribution in [1.29, 1.82) is 0 Å². The molecule has 2 N–H and O–H groups in total. The Morgan fingerprint density at radius 2 is 2.33 bits per heavy atom. The van der Waals surface area contributed by atoms with Crippen molar-refractivity contribution < 1.29 is 8.42 Å². The molecule has 0 saturated carbocycles. The smallest absolute Gasteiger partial charge is 0.260 e. The van der Waals surface area contributed by atoms with E-state index >= 15 is 0 Å². The van der Waals surface area contributed by atoms with Gasteiger partial charge in [-0.1, -0.05) is 6.07 Å². The minimum atomic E-state index is -3.48. The quantitative estimate of drug-likeness (QED) is 0.880. The van der Waals surface area contributed by atoms with Gasteiger partial charge in [-0.3, -0.25) is 0 Å². The van der Waals surface area contributed by atoms with Crippen molar-refractivity contribution in [2.24, 2.45) is 5.73 Å². The first kappa shape index (κ1) is 13.8. The minimum Gasteiger partial charge on any atom is -0.326 e. The fourth-order valence-corrected chi connectivity index (χ4v) is 4.49. The molecule has 0 aromatic carbocycles. The minimum absolute atomic E-state index is 0.0796. The average Bonchev–Trinajstić information content (AvgIpc) is 2.91. The molecule has 5 nitrogen and oxygen atoms in total. The highest BCUT2D eigenvalue weighted by Gasteiger charge is 2.31. The number of thioether (sulfide) groups is 1. The summed E-state index contributed by atoms with van der Waals surface area (Å²) in [6.07, 6.45) is 2.42. The molecule has 1 aliphatic heterocycles. The number of rotatable bonds is 4. The Labute approximate surface area is 112 Å². The molecule has 7 heteroatoms. The van der Waals surface area contributed by atoms with Crippen molar-refractivity contribution in [3.05, 3.63) is 23.9 Å². The summed E-state index contributed by atoms with van der Waals surface area (Å²) in [7, 11) is -1.85. The molecule has 18 heavy (non-hydrogen) atoms. The highest BCUT2D eigenvalue weighted by molar-refractivity contribution is 7.99. The van der Waals surface area contributed by atoms with E-state index < -0.39 is 10.0 Å². The summed E-state index contributed by atoms with van der Waals surface area (Å²) in [4.78, 5) is 4.00. The number of aromatic nitrogens is 1. The van der Waals surface area contributed by atoms with E-state index in [0.29, 0.717) is 6.54 Å². The van der Waals surface area contributed by atoms with Crippen LogP contribution in [0.3, 0.4) is 0 Å². The van der Waals surface area contributed by atoms with Gasteiger partial charge in [0.05, 0.1) is 0 Å². The number of pyridine rings is 1. The van der Waals surface area contributed by atoms with Gasteiger partial charge in [0.2, 0.25) is 0 Å². The van der Waals surface area contributed by atoms with Crippen molar-refractivity contribution in [2.75, 3.05) is 18.6 Å². The van der Waals surface area contributed by atoms with Crippen LogP contribution < -0.4 is 5.73 Å². The lowest BCUT2D eigenvalue weighted by molar-refractivity contribution is 0.393. The first-order valence-corrected chi connectivity index (χ1v) is 8.36. The van der Waals surface area contributed by atoms with Crippen molar-refractivity contribution in [3.8, 4) is 0 Å². The first-order valence-electron chi connectivity index (χ1n) is 5.76. The Kier molecular flexibility index (Phi) is 4.26. The van der Waals surface area contributed by atoms with Gasteiger partial charge in [-0.2, -0.15) is 16.1 Å². The normalized spacial score (nSPS) is 20.5. The van der Waals surface area contributed by atoms with E-state index in [1.54, 1.807) is 24.9 Å². The van der Waals surface area contributed by atoms with E-state index in [0.717, 1.165) is 23.5 Å². The maximum Gasteiger partial charge on any atom is 0.260 e. The van der Waals surface area contributed by atoms with Crippen LogP contribution in [0.1, 0.15) is 12.0 Å². The molecule has 0 radical (unpaired) electrons. The Hall–Kier alpha value is -0.630. The van der Waals surface area contributed by atoms with Crippen LogP contribution >= 0.6 is 11.8 Å². The maximum absolute atomic E-state index is 12.3. The Morgan fingerprint density at radius 1 is 1.56 bits per heavy atom. The van der Waals surface area contributed by atoms with Crippen LogP contribution in [0.5, 0.6) is 0 Å². The predicted molar refractivity (Wildman–Crippen MR) is 72.8 cm³/mol. The van der Waals surface area contributed by atoms with Gasteiger partial charge >= 0.3 is 0 Å². The number of nitrogens with zero attached hydrogens (tertiary/aromatic N) is 2. The molecule has 100 valence electrons. The van der Waals surface area contributed by atoms with Crippen molar-refractivity contribution in [1.82, 2.24) is 9.29 Å². The molecule has 1 saturated heterocycles. The second kappa shape index (κ2) is 5.56. The third kappa shape index (κ3) is 2.69. The number of nitrogens with two attached hydrogens (primary N) is 1. The molecule has 1 fully saturated rings. The highest BCUT2D eigenvalue weighted by atomic mass is 32.2. The van der Waals surface area contributed by atoms with E-state index in [4.69, 9.17) is 5.73 Å². The summed E-state index contributed by atoms with van der Waals surface area (Å²) in [5.41, 5.74) is 6.29. The maximum atomic E-state index is 12.3.